The Balaban J connectivity index is 1.80. The van der Waals surface area contributed by atoms with E-state index >= 15 is 0 Å². The molecule has 21 heavy (non-hydrogen) atoms. The predicted octanol–water partition coefficient (Wildman–Crippen LogP) is 2.20. The van der Waals surface area contributed by atoms with Gasteiger partial charge in [0.15, 0.2) is 11.5 Å². The molecule has 4 heteroatoms. The molecule has 1 saturated heterocycles. The van der Waals surface area contributed by atoms with Crippen molar-refractivity contribution in [1.82, 2.24) is 4.90 Å². The number of hydrogen-bond acceptors (Lipinski definition) is 4. The monoisotopic (exact) mass is 290 g/mol. The number of nitrogens with zero attached hydrogens (tertiary/aromatic N) is 1. The summed E-state index contributed by atoms with van der Waals surface area (Å²) in [6.07, 6.45) is 5.63. The van der Waals surface area contributed by atoms with Crippen LogP contribution in [0.15, 0.2) is 18.2 Å². The van der Waals surface area contributed by atoms with Crippen molar-refractivity contribution < 1.29 is 9.47 Å². The number of nitrogens with two attached hydrogens (primary N) is 1. The summed E-state index contributed by atoms with van der Waals surface area (Å²) in [5.41, 5.74) is 7.45. The lowest BCUT2D eigenvalue weighted by molar-refractivity contribution is 0.100. The van der Waals surface area contributed by atoms with E-state index in [4.69, 9.17) is 15.2 Å². The minimum atomic E-state index is -0.0200. The number of likely N-dealkylation sites (tertiary alicyclic amines) is 1. The smallest absolute Gasteiger partial charge is 0.164 e. The number of likely N-dealkylation sites (N-methyl/N-ethyl adjacent to an activating group) is 1. The van der Waals surface area contributed by atoms with Crippen LogP contribution in [-0.2, 0) is 6.42 Å². The Morgan fingerprint density at radius 3 is 2.86 bits per heavy atom. The molecule has 3 rings (SSSR count). The Bertz CT molecular complexity index is 500. The van der Waals surface area contributed by atoms with Gasteiger partial charge in [0.2, 0.25) is 0 Å². The van der Waals surface area contributed by atoms with Crippen LogP contribution in [0.2, 0.25) is 0 Å². The highest BCUT2D eigenvalue weighted by Crippen LogP contribution is 2.41. The third kappa shape index (κ3) is 3.50. The summed E-state index contributed by atoms with van der Waals surface area (Å²) in [7, 11) is 3.85. The first-order chi connectivity index (χ1) is 10.1. The van der Waals surface area contributed by atoms with Crippen molar-refractivity contribution in [3.05, 3.63) is 23.8 Å². The molecular weight excluding hydrogens is 264 g/mol. The van der Waals surface area contributed by atoms with E-state index in [1.807, 2.05) is 12.1 Å². The van der Waals surface area contributed by atoms with Crippen molar-refractivity contribution in [3.63, 3.8) is 0 Å². The first-order valence-electron chi connectivity index (χ1n) is 7.90. The molecule has 2 fully saturated rings. The highest BCUT2D eigenvalue weighted by atomic mass is 16.5. The highest BCUT2D eigenvalue weighted by Gasteiger charge is 2.39. The van der Waals surface area contributed by atoms with Gasteiger partial charge in [-0.3, -0.25) is 0 Å². The molecule has 1 saturated carbocycles. The molecule has 1 aromatic carbocycles. The van der Waals surface area contributed by atoms with E-state index < -0.39 is 0 Å². The number of benzene rings is 1. The summed E-state index contributed by atoms with van der Waals surface area (Å²) in [4.78, 5) is 2.33. The fraction of sp³-hybridized carbons (Fsp3) is 0.647. The molecule has 1 aromatic rings. The molecule has 116 valence electrons. The molecule has 2 N–H and O–H groups in total. The normalized spacial score (nSPS) is 24.6. The molecule has 0 bridgehead atoms. The second-order valence-corrected chi connectivity index (χ2v) is 6.63. The van der Waals surface area contributed by atoms with E-state index in [1.165, 1.54) is 12.0 Å². The number of hydrogen-bond donors (Lipinski definition) is 1. The predicted molar refractivity (Wildman–Crippen MR) is 84.0 cm³/mol. The van der Waals surface area contributed by atoms with Crippen LogP contribution in [-0.4, -0.2) is 43.8 Å². The summed E-state index contributed by atoms with van der Waals surface area (Å²) in [5.74, 6) is 1.72. The van der Waals surface area contributed by atoms with Crippen LogP contribution in [0.25, 0.3) is 0 Å². The second-order valence-electron chi connectivity index (χ2n) is 6.63. The molecule has 2 aliphatic rings. The van der Waals surface area contributed by atoms with Crippen molar-refractivity contribution in [1.29, 1.82) is 0 Å². The van der Waals surface area contributed by atoms with E-state index in [0.29, 0.717) is 0 Å². The van der Waals surface area contributed by atoms with E-state index in [0.717, 1.165) is 50.3 Å². The zero-order chi connectivity index (χ0) is 14.9. The quantitative estimate of drug-likeness (QED) is 0.903. The maximum Gasteiger partial charge on any atom is 0.164 e. The Morgan fingerprint density at radius 2 is 2.19 bits per heavy atom. The highest BCUT2D eigenvalue weighted by molar-refractivity contribution is 5.48. The molecular formula is C17H26N2O2. The van der Waals surface area contributed by atoms with Gasteiger partial charge in [-0.25, -0.2) is 0 Å². The van der Waals surface area contributed by atoms with Gasteiger partial charge in [0, 0.05) is 12.1 Å². The fourth-order valence-electron chi connectivity index (χ4n) is 3.09. The molecule has 1 aliphatic heterocycles. The Morgan fingerprint density at radius 1 is 1.38 bits per heavy atom. The standard InChI is InChI=1S/C17H26N2O2/c1-19-10-4-6-14(12-19)21-16-13(11-17(18)8-9-17)5-3-7-15(16)20-2/h3,5,7,14H,4,6,8-12,18H2,1-2H3. The van der Waals surface area contributed by atoms with Gasteiger partial charge >= 0.3 is 0 Å². The third-order valence-electron chi connectivity index (χ3n) is 4.58. The SMILES string of the molecule is COc1cccc(CC2(N)CC2)c1OC1CCCN(C)C1. The summed E-state index contributed by atoms with van der Waals surface area (Å²) < 4.78 is 11.8. The number of methoxy groups -OCH3 is 1. The topological polar surface area (TPSA) is 47.7 Å². The van der Waals surface area contributed by atoms with Gasteiger partial charge in [-0.15, -0.1) is 0 Å². The zero-order valence-electron chi connectivity index (χ0n) is 13.1. The Hall–Kier alpha value is -1.26. The number of ether oxygens (including phenoxy) is 2. The Kier molecular flexibility index (Phi) is 4.09. The van der Waals surface area contributed by atoms with Crippen molar-refractivity contribution in [3.8, 4) is 11.5 Å². The molecule has 1 unspecified atom stereocenters. The maximum absolute atomic E-state index is 6.33. The molecule has 0 aromatic heterocycles. The molecule has 4 nitrogen and oxygen atoms in total. The summed E-state index contributed by atoms with van der Waals surface area (Å²) in [5, 5.41) is 0. The molecule has 0 amide bonds. The van der Waals surface area contributed by atoms with Crippen molar-refractivity contribution >= 4 is 0 Å². The van der Waals surface area contributed by atoms with Crippen LogP contribution < -0.4 is 15.2 Å². The van der Waals surface area contributed by atoms with Crippen molar-refractivity contribution in [2.24, 2.45) is 5.73 Å². The minimum absolute atomic E-state index is 0.0200. The van der Waals surface area contributed by atoms with E-state index in [2.05, 4.69) is 18.0 Å². The molecule has 1 heterocycles. The van der Waals surface area contributed by atoms with E-state index in [1.54, 1.807) is 7.11 Å². The summed E-state index contributed by atoms with van der Waals surface area (Å²) in [6, 6.07) is 6.12. The second kappa shape index (κ2) is 5.85. The van der Waals surface area contributed by atoms with Crippen LogP contribution in [0.3, 0.4) is 0 Å². The van der Waals surface area contributed by atoms with Gasteiger partial charge < -0.3 is 20.1 Å². The fourth-order valence-corrected chi connectivity index (χ4v) is 3.09. The van der Waals surface area contributed by atoms with Gasteiger partial charge in [0.25, 0.3) is 0 Å². The first kappa shape index (κ1) is 14.7. The van der Waals surface area contributed by atoms with Crippen molar-refractivity contribution in [2.45, 2.75) is 43.7 Å². The number of rotatable bonds is 5. The Labute approximate surface area is 127 Å². The van der Waals surface area contributed by atoms with Gasteiger partial charge in [0.1, 0.15) is 6.10 Å². The number of para-hydroxylation sites is 1. The van der Waals surface area contributed by atoms with Gasteiger partial charge in [-0.2, -0.15) is 0 Å². The zero-order valence-corrected chi connectivity index (χ0v) is 13.1. The van der Waals surface area contributed by atoms with E-state index in [-0.39, 0.29) is 11.6 Å². The van der Waals surface area contributed by atoms with Crippen molar-refractivity contribution in [2.75, 3.05) is 27.2 Å². The van der Waals surface area contributed by atoms with Crippen LogP contribution in [0, 0.1) is 0 Å². The van der Waals surface area contributed by atoms with Crippen LogP contribution in [0.4, 0.5) is 0 Å². The van der Waals surface area contributed by atoms with Crippen LogP contribution in [0.1, 0.15) is 31.2 Å². The van der Waals surface area contributed by atoms with Crippen LogP contribution >= 0.6 is 0 Å². The summed E-state index contributed by atoms with van der Waals surface area (Å²) >= 11 is 0. The molecule has 1 aliphatic carbocycles. The largest absolute Gasteiger partial charge is 0.493 e. The lowest BCUT2D eigenvalue weighted by atomic mass is 10.0. The number of piperidine rings is 1. The minimum Gasteiger partial charge on any atom is -0.493 e. The van der Waals surface area contributed by atoms with Gasteiger partial charge in [-0.1, -0.05) is 12.1 Å². The third-order valence-corrected chi connectivity index (χ3v) is 4.58. The molecule has 1 atom stereocenters. The maximum atomic E-state index is 6.33. The lowest BCUT2D eigenvalue weighted by Gasteiger charge is -2.31. The lowest BCUT2D eigenvalue weighted by Crippen LogP contribution is -2.39. The van der Waals surface area contributed by atoms with Crippen LogP contribution in [0.5, 0.6) is 11.5 Å². The van der Waals surface area contributed by atoms with Gasteiger partial charge in [-0.05, 0) is 57.3 Å². The molecule has 0 spiro atoms. The van der Waals surface area contributed by atoms with Gasteiger partial charge in [0.05, 0.1) is 7.11 Å². The summed E-state index contributed by atoms with van der Waals surface area (Å²) in [6.45, 7) is 2.13. The van der Waals surface area contributed by atoms with E-state index in [9.17, 15) is 0 Å². The molecule has 0 radical (unpaired) electrons. The average Bonchev–Trinajstić information content (AvgIpc) is 3.18. The average molecular weight is 290 g/mol. The first-order valence-corrected chi connectivity index (χ1v) is 7.90.